The summed E-state index contributed by atoms with van der Waals surface area (Å²) in [5.41, 5.74) is 1.39. The molecule has 0 aliphatic heterocycles. The van der Waals surface area contributed by atoms with Crippen LogP contribution in [0.3, 0.4) is 0 Å². The highest BCUT2D eigenvalue weighted by molar-refractivity contribution is 7.81. The zero-order valence-electron chi connectivity index (χ0n) is 10.6. The van der Waals surface area contributed by atoms with Crippen LogP contribution in [0.25, 0.3) is 0 Å². The van der Waals surface area contributed by atoms with Crippen LogP contribution in [0.2, 0.25) is 0 Å². The molecule has 1 unspecified atom stereocenters. The first-order valence-corrected chi connectivity index (χ1v) is 5.99. The summed E-state index contributed by atoms with van der Waals surface area (Å²) in [6, 6.07) is 5.93. The van der Waals surface area contributed by atoms with Crippen molar-refractivity contribution in [1.29, 1.82) is 0 Å². The summed E-state index contributed by atoms with van der Waals surface area (Å²) >= 11 is 4.20. The lowest BCUT2D eigenvalue weighted by atomic mass is 10.0. The van der Waals surface area contributed by atoms with Crippen LogP contribution in [0.15, 0.2) is 24.3 Å². The Morgan fingerprint density at radius 2 is 2.00 bits per heavy atom. The van der Waals surface area contributed by atoms with Gasteiger partial charge < -0.3 is 10.4 Å². The summed E-state index contributed by atoms with van der Waals surface area (Å²) in [7, 11) is 0. The fourth-order valence-corrected chi connectivity index (χ4v) is 1.72. The van der Waals surface area contributed by atoms with Crippen LogP contribution in [-0.4, -0.2) is 27.8 Å². The highest BCUT2D eigenvalue weighted by Gasteiger charge is 2.33. The van der Waals surface area contributed by atoms with Crippen LogP contribution < -0.4 is 5.32 Å². The summed E-state index contributed by atoms with van der Waals surface area (Å²) < 4.78 is -0.842. The van der Waals surface area contributed by atoms with Crippen molar-refractivity contribution in [2.45, 2.75) is 31.6 Å². The standard InChI is InChI=1S/C13H17NO3S/c1-8-5-4-6-9(7-8)11(15)14-10(12(16)17)13(2,3)18/h4-7,10,18H,1-3H3,(H,14,15)(H,16,17). The van der Waals surface area contributed by atoms with E-state index in [4.69, 9.17) is 5.11 Å². The first-order chi connectivity index (χ1) is 8.21. The molecule has 0 bridgehead atoms. The summed E-state index contributed by atoms with van der Waals surface area (Å²) in [5.74, 6) is -1.51. The van der Waals surface area contributed by atoms with Crippen LogP contribution in [0, 0.1) is 6.92 Å². The van der Waals surface area contributed by atoms with E-state index in [-0.39, 0.29) is 0 Å². The lowest BCUT2D eigenvalue weighted by molar-refractivity contribution is -0.139. The molecule has 0 heterocycles. The molecular weight excluding hydrogens is 250 g/mol. The van der Waals surface area contributed by atoms with Gasteiger partial charge in [0.25, 0.3) is 5.91 Å². The molecule has 98 valence electrons. The summed E-state index contributed by atoms with van der Waals surface area (Å²) in [6.45, 7) is 5.16. The average Bonchev–Trinajstić information content (AvgIpc) is 2.23. The number of carbonyl (C=O) groups is 2. The van der Waals surface area contributed by atoms with E-state index >= 15 is 0 Å². The van der Waals surface area contributed by atoms with Crippen molar-refractivity contribution in [2.75, 3.05) is 0 Å². The number of rotatable bonds is 4. The molecule has 0 fully saturated rings. The van der Waals surface area contributed by atoms with Crippen molar-refractivity contribution in [1.82, 2.24) is 5.32 Å². The van der Waals surface area contributed by atoms with E-state index in [0.717, 1.165) is 5.56 Å². The highest BCUT2D eigenvalue weighted by atomic mass is 32.1. The van der Waals surface area contributed by atoms with Crippen LogP contribution in [-0.2, 0) is 4.79 Å². The minimum atomic E-state index is -1.10. The van der Waals surface area contributed by atoms with E-state index in [1.807, 2.05) is 13.0 Å². The number of carboxylic acids is 1. The Balaban J connectivity index is 2.89. The molecular formula is C13H17NO3S. The number of carboxylic acid groups (broad SMARTS) is 1. The van der Waals surface area contributed by atoms with Gasteiger partial charge in [0.1, 0.15) is 6.04 Å². The third-order valence-corrected chi connectivity index (χ3v) is 2.77. The Labute approximate surface area is 112 Å². The minimum Gasteiger partial charge on any atom is -0.480 e. The molecule has 5 heteroatoms. The van der Waals surface area contributed by atoms with Crippen molar-refractivity contribution >= 4 is 24.5 Å². The van der Waals surface area contributed by atoms with Gasteiger partial charge in [-0.3, -0.25) is 4.79 Å². The number of thiol groups is 1. The van der Waals surface area contributed by atoms with Crippen molar-refractivity contribution in [2.24, 2.45) is 0 Å². The second kappa shape index (κ2) is 5.44. The second-order valence-electron chi connectivity index (χ2n) is 4.77. The lowest BCUT2D eigenvalue weighted by Crippen LogP contribution is -2.51. The molecule has 18 heavy (non-hydrogen) atoms. The van der Waals surface area contributed by atoms with Gasteiger partial charge in [-0.2, -0.15) is 12.6 Å². The number of aryl methyl sites for hydroxylation is 1. The largest absolute Gasteiger partial charge is 0.480 e. The molecule has 1 amide bonds. The van der Waals surface area contributed by atoms with Crippen LogP contribution in [0.5, 0.6) is 0 Å². The van der Waals surface area contributed by atoms with Crippen LogP contribution in [0.1, 0.15) is 29.8 Å². The van der Waals surface area contributed by atoms with Gasteiger partial charge >= 0.3 is 5.97 Å². The first kappa shape index (κ1) is 14.6. The van der Waals surface area contributed by atoms with Crippen LogP contribution in [0.4, 0.5) is 0 Å². The lowest BCUT2D eigenvalue weighted by Gasteiger charge is -2.26. The topological polar surface area (TPSA) is 66.4 Å². The number of hydrogen-bond donors (Lipinski definition) is 3. The Morgan fingerprint density at radius 1 is 1.39 bits per heavy atom. The van der Waals surface area contributed by atoms with E-state index in [2.05, 4.69) is 17.9 Å². The Morgan fingerprint density at radius 3 is 2.44 bits per heavy atom. The Bertz CT molecular complexity index is 466. The van der Waals surface area contributed by atoms with Crippen molar-refractivity contribution < 1.29 is 14.7 Å². The molecule has 0 aliphatic carbocycles. The number of benzene rings is 1. The molecule has 0 radical (unpaired) electrons. The molecule has 2 N–H and O–H groups in total. The van der Waals surface area contributed by atoms with Gasteiger partial charge in [-0.05, 0) is 32.9 Å². The molecule has 1 aromatic carbocycles. The van der Waals surface area contributed by atoms with Crippen molar-refractivity contribution in [3.8, 4) is 0 Å². The van der Waals surface area contributed by atoms with Gasteiger partial charge in [-0.15, -0.1) is 0 Å². The summed E-state index contributed by atoms with van der Waals surface area (Å²) in [4.78, 5) is 23.1. The van der Waals surface area contributed by atoms with E-state index in [9.17, 15) is 9.59 Å². The molecule has 4 nitrogen and oxygen atoms in total. The van der Waals surface area contributed by atoms with E-state index in [1.165, 1.54) is 0 Å². The summed E-state index contributed by atoms with van der Waals surface area (Å²) in [5, 5.41) is 11.6. The third-order valence-electron chi connectivity index (χ3n) is 2.51. The average molecular weight is 267 g/mol. The first-order valence-electron chi connectivity index (χ1n) is 5.54. The predicted molar refractivity (Wildman–Crippen MR) is 73.1 cm³/mol. The fourth-order valence-electron chi connectivity index (χ4n) is 1.54. The SMILES string of the molecule is Cc1cccc(C(=O)NC(C(=O)O)C(C)(C)S)c1. The maximum Gasteiger partial charge on any atom is 0.327 e. The number of hydrogen-bond acceptors (Lipinski definition) is 3. The smallest absolute Gasteiger partial charge is 0.327 e. The monoisotopic (exact) mass is 267 g/mol. The normalized spacial score (nSPS) is 12.9. The molecule has 1 atom stereocenters. The predicted octanol–water partition coefficient (Wildman–Crippen LogP) is 1.89. The molecule has 0 aliphatic rings. The van der Waals surface area contributed by atoms with Gasteiger partial charge in [0.2, 0.25) is 0 Å². The fraction of sp³-hybridized carbons (Fsp3) is 0.385. The quantitative estimate of drug-likeness (QED) is 0.730. The zero-order chi connectivity index (χ0) is 13.9. The van der Waals surface area contributed by atoms with Gasteiger partial charge in [0.05, 0.1) is 0 Å². The molecule has 0 spiro atoms. The van der Waals surface area contributed by atoms with E-state index in [0.29, 0.717) is 5.56 Å². The summed E-state index contributed by atoms with van der Waals surface area (Å²) in [6.07, 6.45) is 0. The second-order valence-corrected chi connectivity index (χ2v) is 5.92. The Kier molecular flexibility index (Phi) is 4.40. The number of amides is 1. The number of nitrogens with one attached hydrogen (secondary N) is 1. The zero-order valence-corrected chi connectivity index (χ0v) is 11.5. The maximum atomic E-state index is 12.0. The molecule has 0 saturated carbocycles. The van der Waals surface area contributed by atoms with Crippen LogP contribution >= 0.6 is 12.6 Å². The van der Waals surface area contributed by atoms with Crippen molar-refractivity contribution in [3.63, 3.8) is 0 Å². The molecule has 1 rings (SSSR count). The van der Waals surface area contributed by atoms with Crippen molar-refractivity contribution in [3.05, 3.63) is 35.4 Å². The number of aliphatic carboxylic acids is 1. The highest BCUT2D eigenvalue weighted by Crippen LogP contribution is 2.18. The maximum absolute atomic E-state index is 12.0. The molecule has 0 saturated heterocycles. The van der Waals surface area contributed by atoms with Gasteiger partial charge in [-0.25, -0.2) is 4.79 Å². The third kappa shape index (κ3) is 3.77. The van der Waals surface area contributed by atoms with Gasteiger partial charge in [0.15, 0.2) is 0 Å². The molecule has 1 aromatic rings. The van der Waals surface area contributed by atoms with E-state index < -0.39 is 22.7 Å². The Hall–Kier alpha value is -1.49. The van der Waals surface area contributed by atoms with Gasteiger partial charge in [-0.1, -0.05) is 17.7 Å². The number of carbonyl (C=O) groups excluding carboxylic acids is 1. The minimum absolute atomic E-state index is 0.409. The molecule has 0 aromatic heterocycles. The van der Waals surface area contributed by atoms with Gasteiger partial charge in [0, 0.05) is 10.3 Å². The van der Waals surface area contributed by atoms with E-state index in [1.54, 1.807) is 32.0 Å².